The molecule has 3 rings (SSSR count). The molecule has 35 heavy (non-hydrogen) atoms. The lowest BCUT2D eigenvalue weighted by molar-refractivity contribution is -0.134. The van der Waals surface area contributed by atoms with Crippen LogP contribution in [0.1, 0.15) is 26.3 Å². The third-order valence-corrected chi connectivity index (χ3v) is 7.84. The molecular weight excluding hydrogens is 537 g/mol. The van der Waals surface area contributed by atoms with Crippen LogP contribution in [-0.2, 0) is 24.8 Å². The summed E-state index contributed by atoms with van der Waals surface area (Å²) in [6.45, 7) is 6.22. The van der Waals surface area contributed by atoms with E-state index in [-0.39, 0.29) is 26.8 Å². The molecule has 3 aromatic rings. The molecule has 0 aliphatic heterocycles. The molecule has 1 aromatic heterocycles. The Hall–Kier alpha value is -2.67. The summed E-state index contributed by atoms with van der Waals surface area (Å²) in [5.41, 5.74) is 1.70. The van der Waals surface area contributed by atoms with Gasteiger partial charge in [0.15, 0.2) is 15.6 Å². The van der Waals surface area contributed by atoms with Crippen molar-refractivity contribution >= 4 is 62.4 Å². The van der Waals surface area contributed by atoms with Gasteiger partial charge in [0.05, 0.1) is 32.1 Å². The van der Waals surface area contributed by atoms with E-state index < -0.39 is 27.5 Å². The van der Waals surface area contributed by atoms with Crippen molar-refractivity contribution in [1.82, 2.24) is 20.2 Å². The molecule has 0 spiro atoms. The quantitative estimate of drug-likeness (QED) is 0.394. The molecule has 186 valence electrons. The fraction of sp³-hybridized carbons (Fsp3) is 0.286. The number of carboxylic acid groups (broad SMARTS) is 1. The van der Waals surface area contributed by atoms with Gasteiger partial charge in [-0.25, -0.2) is 8.42 Å². The van der Waals surface area contributed by atoms with E-state index in [9.17, 15) is 18.0 Å². The monoisotopic (exact) mass is 557 g/mol. The van der Waals surface area contributed by atoms with Crippen molar-refractivity contribution in [2.75, 3.05) is 16.8 Å². The fourth-order valence-corrected chi connectivity index (χ4v) is 5.22. The first kappa shape index (κ1) is 26.9. The van der Waals surface area contributed by atoms with Gasteiger partial charge < -0.3 is 10.4 Å². The summed E-state index contributed by atoms with van der Waals surface area (Å²) < 4.78 is 25.5. The predicted molar refractivity (Wildman–Crippen MR) is 133 cm³/mol. The molecule has 0 bridgehead atoms. The number of rotatable bonds is 8. The first-order valence-electron chi connectivity index (χ1n) is 10.0. The molecule has 0 fully saturated rings. The van der Waals surface area contributed by atoms with E-state index >= 15 is 0 Å². The van der Waals surface area contributed by atoms with E-state index in [1.165, 1.54) is 16.8 Å². The topological polar surface area (TPSA) is 144 Å². The van der Waals surface area contributed by atoms with Crippen molar-refractivity contribution in [3.05, 3.63) is 52.0 Å². The summed E-state index contributed by atoms with van der Waals surface area (Å²) in [4.78, 5) is 23.0. The number of hydrogen-bond donors (Lipinski definition) is 2. The van der Waals surface area contributed by atoms with E-state index in [0.717, 1.165) is 23.4 Å². The maximum atomic E-state index is 12.5. The fourth-order valence-electron chi connectivity index (χ4n) is 2.92. The Morgan fingerprint density at radius 3 is 2.43 bits per heavy atom. The van der Waals surface area contributed by atoms with Crippen LogP contribution in [-0.4, -0.2) is 57.1 Å². The first-order valence-corrected chi connectivity index (χ1v) is 13.4. The summed E-state index contributed by atoms with van der Waals surface area (Å²) in [5.74, 6) is -3.07. The molecule has 0 atom stereocenters. The molecule has 2 N–H and O–H groups in total. The van der Waals surface area contributed by atoms with Gasteiger partial charge in [-0.3, -0.25) is 9.59 Å². The number of benzene rings is 2. The molecule has 1 heterocycles. The summed E-state index contributed by atoms with van der Waals surface area (Å²) in [6, 6.07) is 9.15. The van der Waals surface area contributed by atoms with Crippen LogP contribution < -0.4 is 5.32 Å². The van der Waals surface area contributed by atoms with E-state index in [4.69, 9.17) is 28.3 Å². The Morgan fingerprint density at radius 2 is 1.83 bits per heavy atom. The number of aromatic nitrogens is 4. The zero-order chi connectivity index (χ0) is 26.0. The van der Waals surface area contributed by atoms with Gasteiger partial charge in [-0.15, -0.1) is 5.10 Å². The summed E-state index contributed by atoms with van der Waals surface area (Å²) in [5, 5.41) is 23.7. The maximum Gasteiger partial charge on any atom is 0.319 e. The predicted octanol–water partition coefficient (Wildman–Crippen LogP) is 3.86. The van der Waals surface area contributed by atoms with Crippen molar-refractivity contribution in [3.8, 4) is 5.69 Å². The Labute approximate surface area is 215 Å². The molecule has 2 aromatic carbocycles. The van der Waals surface area contributed by atoms with Crippen molar-refractivity contribution in [2.45, 2.75) is 36.2 Å². The number of thioether (sulfide) groups is 1. The van der Waals surface area contributed by atoms with Gasteiger partial charge in [0.2, 0.25) is 11.1 Å². The van der Waals surface area contributed by atoms with Crippen LogP contribution in [0.2, 0.25) is 10.0 Å². The number of amides is 1. The van der Waals surface area contributed by atoms with Crippen molar-refractivity contribution in [1.29, 1.82) is 0 Å². The van der Waals surface area contributed by atoms with Crippen LogP contribution in [0, 0.1) is 0 Å². The highest BCUT2D eigenvalue weighted by molar-refractivity contribution is 7.99. The summed E-state index contributed by atoms with van der Waals surface area (Å²) >= 11 is 13.6. The number of hydrogen-bond acceptors (Lipinski definition) is 8. The van der Waals surface area contributed by atoms with Gasteiger partial charge in [0.25, 0.3) is 0 Å². The van der Waals surface area contributed by atoms with Crippen LogP contribution in [0.15, 0.2) is 46.5 Å². The van der Waals surface area contributed by atoms with Crippen LogP contribution in [0.3, 0.4) is 0 Å². The van der Waals surface area contributed by atoms with Crippen LogP contribution in [0.5, 0.6) is 0 Å². The van der Waals surface area contributed by atoms with E-state index in [2.05, 4.69) is 41.6 Å². The number of carbonyl (C=O) groups excluding carboxylic acids is 1. The highest BCUT2D eigenvalue weighted by Crippen LogP contribution is 2.31. The maximum absolute atomic E-state index is 12.5. The zero-order valence-corrected chi connectivity index (χ0v) is 22.0. The molecule has 0 saturated heterocycles. The minimum Gasteiger partial charge on any atom is -0.480 e. The summed E-state index contributed by atoms with van der Waals surface area (Å²) in [6.07, 6.45) is 0. The van der Waals surface area contributed by atoms with Gasteiger partial charge in [-0.1, -0.05) is 61.8 Å². The summed E-state index contributed by atoms with van der Waals surface area (Å²) in [7, 11) is -4.05. The third kappa shape index (κ3) is 6.72. The minimum absolute atomic E-state index is 0.0506. The number of halogens is 2. The Kier molecular flexibility index (Phi) is 8.10. The largest absolute Gasteiger partial charge is 0.480 e. The van der Waals surface area contributed by atoms with Crippen molar-refractivity contribution in [2.24, 2.45) is 0 Å². The van der Waals surface area contributed by atoms with Crippen LogP contribution in [0.25, 0.3) is 5.69 Å². The number of carboxylic acids is 1. The van der Waals surface area contributed by atoms with E-state index in [0.29, 0.717) is 15.9 Å². The average Bonchev–Trinajstić information content (AvgIpc) is 3.20. The number of sulfone groups is 1. The number of tetrazole rings is 1. The lowest BCUT2D eigenvalue weighted by Gasteiger charge is -2.20. The number of anilines is 1. The smallest absolute Gasteiger partial charge is 0.319 e. The highest BCUT2D eigenvalue weighted by Gasteiger charge is 2.21. The Bertz CT molecular complexity index is 1390. The SMILES string of the molecule is CC(C)(C)c1ccc(-n2nnnc2SCC(=O)Nc2ccc(S(=O)(=O)CC(=O)O)cc2Cl)c(Cl)c1. The normalized spacial score (nSPS) is 11.9. The van der Waals surface area contributed by atoms with Crippen molar-refractivity contribution < 1.29 is 23.1 Å². The molecule has 1 amide bonds. The van der Waals surface area contributed by atoms with Gasteiger partial charge in [0, 0.05) is 0 Å². The Balaban J connectivity index is 1.69. The number of carbonyl (C=O) groups is 2. The van der Waals surface area contributed by atoms with Crippen molar-refractivity contribution in [3.63, 3.8) is 0 Å². The van der Waals surface area contributed by atoms with Gasteiger partial charge in [0.1, 0.15) is 0 Å². The molecule has 10 nitrogen and oxygen atoms in total. The van der Waals surface area contributed by atoms with Gasteiger partial charge in [-0.05, 0) is 51.7 Å². The molecule has 0 aliphatic carbocycles. The van der Waals surface area contributed by atoms with Gasteiger partial charge >= 0.3 is 5.97 Å². The third-order valence-electron chi connectivity index (χ3n) is 4.70. The van der Waals surface area contributed by atoms with Crippen LogP contribution in [0.4, 0.5) is 5.69 Å². The second-order valence-corrected chi connectivity index (χ2v) is 12.2. The van der Waals surface area contributed by atoms with Crippen LogP contribution >= 0.6 is 35.0 Å². The molecular formula is C21H21Cl2N5O5S2. The number of nitrogens with zero attached hydrogens (tertiary/aromatic N) is 4. The minimum atomic E-state index is -4.05. The second-order valence-electron chi connectivity index (χ2n) is 8.42. The molecule has 14 heteroatoms. The van der Waals surface area contributed by atoms with E-state index in [1.54, 1.807) is 0 Å². The first-order chi connectivity index (χ1) is 16.3. The lowest BCUT2D eigenvalue weighted by Crippen LogP contribution is -2.17. The molecule has 0 saturated carbocycles. The molecule has 0 radical (unpaired) electrons. The average molecular weight is 558 g/mol. The Morgan fingerprint density at radius 1 is 1.11 bits per heavy atom. The van der Waals surface area contributed by atoms with Gasteiger partial charge in [-0.2, -0.15) is 4.68 Å². The van der Waals surface area contributed by atoms with E-state index in [1.807, 2.05) is 18.2 Å². The standard InChI is InChI=1S/C21H21Cl2N5O5S2/c1-21(2,3)12-4-7-17(15(23)8-12)28-20(25-26-27-28)34-10-18(29)24-16-6-5-13(9-14(16)22)35(32,33)11-19(30)31/h4-9H,10-11H2,1-3H3,(H,24,29)(H,30,31). The number of aliphatic carboxylic acids is 1. The highest BCUT2D eigenvalue weighted by atomic mass is 35.5. The zero-order valence-electron chi connectivity index (χ0n) is 18.8. The number of nitrogens with one attached hydrogen (secondary N) is 1. The molecule has 0 unspecified atom stereocenters. The second kappa shape index (κ2) is 10.5. The lowest BCUT2D eigenvalue weighted by atomic mass is 9.87. The molecule has 0 aliphatic rings.